The number of piperidine rings is 1. The van der Waals surface area contributed by atoms with Gasteiger partial charge in [-0.3, -0.25) is 9.59 Å². The number of alkyl halides is 1. The summed E-state index contributed by atoms with van der Waals surface area (Å²) in [5.41, 5.74) is 2.38. The van der Waals surface area contributed by atoms with E-state index in [2.05, 4.69) is 5.32 Å². The highest BCUT2D eigenvalue weighted by Crippen LogP contribution is 2.37. The van der Waals surface area contributed by atoms with E-state index in [0.29, 0.717) is 37.4 Å². The molecule has 148 valence electrons. The van der Waals surface area contributed by atoms with Crippen molar-refractivity contribution < 1.29 is 9.59 Å². The molecule has 6 heteroatoms. The van der Waals surface area contributed by atoms with E-state index in [9.17, 15) is 9.59 Å². The second-order valence-electron chi connectivity index (χ2n) is 7.22. The van der Waals surface area contributed by atoms with Gasteiger partial charge in [0.1, 0.15) is 5.88 Å². The second-order valence-corrected chi connectivity index (χ2v) is 7.89. The molecule has 3 rings (SSSR count). The third-order valence-electron chi connectivity index (χ3n) is 5.45. The quantitative estimate of drug-likeness (QED) is 0.743. The molecular weight excluding hydrogens is 395 g/mol. The summed E-state index contributed by atoms with van der Waals surface area (Å²) in [6, 6.07) is 15.5. The molecule has 1 fully saturated rings. The van der Waals surface area contributed by atoms with Gasteiger partial charge in [-0.2, -0.15) is 0 Å². The summed E-state index contributed by atoms with van der Waals surface area (Å²) < 4.78 is 0. The van der Waals surface area contributed by atoms with Crippen molar-refractivity contribution in [3.8, 4) is 0 Å². The molecular formula is C22H24Cl2N2O2. The molecule has 28 heavy (non-hydrogen) atoms. The van der Waals surface area contributed by atoms with Crippen LogP contribution in [0.5, 0.6) is 0 Å². The van der Waals surface area contributed by atoms with Crippen LogP contribution >= 0.6 is 23.2 Å². The highest BCUT2D eigenvalue weighted by atomic mass is 35.5. The Morgan fingerprint density at radius 3 is 2.39 bits per heavy atom. The van der Waals surface area contributed by atoms with Gasteiger partial charge in [-0.25, -0.2) is 0 Å². The molecule has 1 N–H and O–H groups in total. The number of amides is 2. The molecule has 2 aromatic rings. The molecule has 0 unspecified atom stereocenters. The van der Waals surface area contributed by atoms with Crippen molar-refractivity contribution in [2.45, 2.75) is 31.7 Å². The van der Waals surface area contributed by atoms with Crippen LogP contribution in [0.3, 0.4) is 0 Å². The van der Waals surface area contributed by atoms with Crippen LogP contribution in [-0.2, 0) is 21.5 Å². The Bertz CT molecular complexity index is 847. The maximum atomic E-state index is 12.7. The van der Waals surface area contributed by atoms with Gasteiger partial charge >= 0.3 is 0 Å². The van der Waals surface area contributed by atoms with Gasteiger partial charge in [-0.05, 0) is 42.5 Å². The number of likely N-dealkylation sites (tertiary alicyclic amines) is 1. The Morgan fingerprint density at radius 1 is 1.07 bits per heavy atom. The van der Waals surface area contributed by atoms with Crippen LogP contribution in [-0.4, -0.2) is 35.7 Å². The van der Waals surface area contributed by atoms with Crippen molar-refractivity contribution >= 4 is 35.0 Å². The molecule has 2 aromatic carbocycles. The number of hydrogen-bond acceptors (Lipinski definition) is 2. The minimum absolute atomic E-state index is 0.0992. The average molecular weight is 419 g/mol. The van der Waals surface area contributed by atoms with Crippen LogP contribution in [0.25, 0.3) is 0 Å². The van der Waals surface area contributed by atoms with Gasteiger partial charge in [-0.1, -0.05) is 54.1 Å². The van der Waals surface area contributed by atoms with Gasteiger partial charge < -0.3 is 10.2 Å². The monoisotopic (exact) mass is 418 g/mol. The lowest BCUT2D eigenvalue weighted by molar-refractivity contribution is -0.132. The topological polar surface area (TPSA) is 49.4 Å². The predicted molar refractivity (Wildman–Crippen MR) is 113 cm³/mol. The van der Waals surface area contributed by atoms with E-state index < -0.39 is 5.54 Å². The van der Waals surface area contributed by atoms with Crippen LogP contribution in [0.4, 0.5) is 0 Å². The van der Waals surface area contributed by atoms with Gasteiger partial charge in [0.15, 0.2) is 0 Å². The first kappa shape index (κ1) is 20.7. The van der Waals surface area contributed by atoms with Crippen molar-refractivity contribution in [3.63, 3.8) is 0 Å². The van der Waals surface area contributed by atoms with Crippen LogP contribution in [0.2, 0.25) is 5.02 Å². The first-order chi connectivity index (χ1) is 13.4. The summed E-state index contributed by atoms with van der Waals surface area (Å²) in [5.74, 6) is -0.214. The van der Waals surface area contributed by atoms with Crippen molar-refractivity contribution in [2.24, 2.45) is 0 Å². The van der Waals surface area contributed by atoms with Crippen molar-refractivity contribution in [1.82, 2.24) is 10.2 Å². The van der Waals surface area contributed by atoms with E-state index in [1.165, 1.54) is 0 Å². The van der Waals surface area contributed by atoms with Crippen LogP contribution in [0.15, 0.2) is 48.5 Å². The third kappa shape index (κ3) is 4.50. The van der Waals surface area contributed by atoms with Crippen molar-refractivity contribution in [1.29, 1.82) is 0 Å². The summed E-state index contributed by atoms with van der Waals surface area (Å²) in [4.78, 5) is 26.7. The van der Waals surface area contributed by atoms with Crippen LogP contribution in [0, 0.1) is 6.92 Å². The lowest BCUT2D eigenvalue weighted by Crippen LogP contribution is -2.54. The standard InChI is InChI=1S/C22H24Cl2N2O2/c1-16-18(8-5-9-19(16)24)22(25-20(27)15-23)10-12-26(13-11-22)21(28)14-17-6-3-2-4-7-17/h2-9H,10-15H2,1H3,(H,25,27). The highest BCUT2D eigenvalue weighted by molar-refractivity contribution is 6.31. The minimum Gasteiger partial charge on any atom is -0.345 e. The number of carbonyl (C=O) groups excluding carboxylic acids is 2. The Hall–Kier alpha value is -2.04. The molecule has 0 saturated carbocycles. The van der Waals surface area contributed by atoms with Crippen LogP contribution in [0.1, 0.15) is 29.5 Å². The zero-order chi connectivity index (χ0) is 20.1. The fourth-order valence-corrected chi connectivity index (χ4v) is 4.15. The minimum atomic E-state index is -0.565. The summed E-state index contributed by atoms with van der Waals surface area (Å²) in [7, 11) is 0. The lowest BCUT2D eigenvalue weighted by atomic mass is 9.78. The van der Waals surface area contributed by atoms with Gasteiger partial charge in [-0.15, -0.1) is 11.6 Å². The number of hydrogen-bond donors (Lipinski definition) is 1. The van der Waals surface area contributed by atoms with E-state index in [4.69, 9.17) is 23.2 Å². The Balaban J connectivity index is 1.78. The molecule has 0 aliphatic carbocycles. The Morgan fingerprint density at radius 2 is 1.75 bits per heavy atom. The normalized spacial score (nSPS) is 15.9. The number of halogens is 2. The van der Waals surface area contributed by atoms with E-state index in [0.717, 1.165) is 16.7 Å². The smallest absolute Gasteiger partial charge is 0.235 e. The molecule has 1 saturated heterocycles. The summed E-state index contributed by atoms with van der Waals surface area (Å²) in [6.07, 6.45) is 1.63. The molecule has 1 heterocycles. The van der Waals surface area contributed by atoms with E-state index in [-0.39, 0.29) is 17.7 Å². The van der Waals surface area contributed by atoms with E-state index >= 15 is 0 Å². The Kier molecular flexibility index (Phi) is 6.63. The molecule has 4 nitrogen and oxygen atoms in total. The summed E-state index contributed by atoms with van der Waals surface area (Å²) in [5, 5.41) is 3.77. The zero-order valence-corrected chi connectivity index (χ0v) is 17.4. The number of benzene rings is 2. The Labute approximate surface area is 175 Å². The lowest BCUT2D eigenvalue weighted by Gasteiger charge is -2.43. The van der Waals surface area contributed by atoms with E-state index in [1.54, 1.807) is 0 Å². The molecule has 0 atom stereocenters. The fraction of sp³-hybridized carbons (Fsp3) is 0.364. The van der Waals surface area contributed by atoms with Crippen LogP contribution < -0.4 is 5.32 Å². The highest BCUT2D eigenvalue weighted by Gasteiger charge is 2.39. The summed E-state index contributed by atoms with van der Waals surface area (Å²) >= 11 is 12.1. The maximum absolute atomic E-state index is 12.7. The second kappa shape index (κ2) is 8.97. The number of nitrogens with zero attached hydrogens (tertiary/aromatic N) is 1. The van der Waals surface area contributed by atoms with Gasteiger partial charge in [0, 0.05) is 18.1 Å². The SMILES string of the molecule is Cc1c(Cl)cccc1C1(NC(=O)CCl)CCN(C(=O)Cc2ccccc2)CC1. The molecule has 0 bridgehead atoms. The summed E-state index contributed by atoms with van der Waals surface area (Å²) in [6.45, 7) is 3.10. The van der Waals surface area contributed by atoms with Gasteiger partial charge in [0.05, 0.1) is 12.0 Å². The fourth-order valence-electron chi connectivity index (χ4n) is 3.91. The van der Waals surface area contributed by atoms with Gasteiger partial charge in [0.25, 0.3) is 0 Å². The molecule has 0 spiro atoms. The maximum Gasteiger partial charge on any atom is 0.235 e. The van der Waals surface area contributed by atoms with Gasteiger partial charge in [0.2, 0.25) is 11.8 Å². The molecule has 0 radical (unpaired) electrons. The van der Waals surface area contributed by atoms with E-state index in [1.807, 2.05) is 60.4 Å². The number of carbonyl (C=O) groups is 2. The predicted octanol–water partition coefficient (Wildman–Crippen LogP) is 4.06. The zero-order valence-electron chi connectivity index (χ0n) is 15.9. The molecule has 1 aliphatic rings. The third-order valence-corrected chi connectivity index (χ3v) is 6.10. The molecule has 1 aliphatic heterocycles. The molecule has 0 aromatic heterocycles. The first-order valence-corrected chi connectivity index (χ1v) is 10.3. The first-order valence-electron chi connectivity index (χ1n) is 9.39. The average Bonchev–Trinajstić information content (AvgIpc) is 2.71. The van der Waals surface area contributed by atoms with Crippen molar-refractivity contribution in [2.75, 3.05) is 19.0 Å². The number of nitrogens with one attached hydrogen (secondary N) is 1. The molecule has 2 amide bonds. The number of rotatable bonds is 5. The van der Waals surface area contributed by atoms with Crippen molar-refractivity contribution in [3.05, 3.63) is 70.2 Å². The largest absolute Gasteiger partial charge is 0.345 e.